The first-order chi connectivity index (χ1) is 15.1. The number of hydrogen-bond donors (Lipinski definition) is 0. The van der Waals surface area contributed by atoms with Crippen LogP contribution in [0, 0.1) is 0 Å². The van der Waals surface area contributed by atoms with Crippen molar-refractivity contribution in [3.05, 3.63) is 0 Å². The summed E-state index contributed by atoms with van der Waals surface area (Å²) < 4.78 is 11.0. The van der Waals surface area contributed by atoms with Crippen molar-refractivity contribution in [1.29, 1.82) is 0 Å². The van der Waals surface area contributed by atoms with Gasteiger partial charge in [-0.1, -0.05) is 116 Å². The second kappa shape index (κ2) is 26.9. The highest BCUT2D eigenvalue weighted by atomic mass is 35.5. The van der Waals surface area contributed by atoms with Gasteiger partial charge in [-0.25, -0.2) is 0 Å². The largest absolute Gasteiger partial charge is 0.459 e. The number of carbonyl (C=O) groups excluding carboxylic acids is 1. The van der Waals surface area contributed by atoms with E-state index in [9.17, 15) is 4.79 Å². The Kier molecular flexibility index (Phi) is 28.5. The molecule has 0 aromatic carbocycles. The quantitative estimate of drug-likeness (QED) is 0.104. The third-order valence-corrected chi connectivity index (χ3v) is 5.85. The van der Waals surface area contributed by atoms with Gasteiger partial charge in [0.2, 0.25) is 0 Å². The van der Waals surface area contributed by atoms with E-state index in [1.807, 2.05) is 19.0 Å². The first kappa shape index (κ1) is 33.9. The SMILES string of the molecule is CCCCCCCCCCCCCCCCCCCCOCC(CN(C)C)OC(C)=O.Cl. The van der Waals surface area contributed by atoms with Crippen LogP contribution in [0.25, 0.3) is 0 Å². The number of rotatable bonds is 24. The molecule has 0 N–H and O–H groups in total. The van der Waals surface area contributed by atoms with Gasteiger partial charge in [0, 0.05) is 20.1 Å². The van der Waals surface area contributed by atoms with Gasteiger partial charge in [0.25, 0.3) is 0 Å². The lowest BCUT2D eigenvalue weighted by molar-refractivity contribution is -0.150. The summed E-state index contributed by atoms with van der Waals surface area (Å²) in [7, 11) is 3.96. The van der Waals surface area contributed by atoms with E-state index >= 15 is 0 Å². The predicted molar refractivity (Wildman–Crippen MR) is 141 cm³/mol. The van der Waals surface area contributed by atoms with Gasteiger partial charge in [0.15, 0.2) is 0 Å². The van der Waals surface area contributed by atoms with Crippen molar-refractivity contribution < 1.29 is 14.3 Å². The topological polar surface area (TPSA) is 38.8 Å². The molecule has 4 nitrogen and oxygen atoms in total. The van der Waals surface area contributed by atoms with Crippen molar-refractivity contribution >= 4 is 18.4 Å². The Morgan fingerprint density at radius 2 is 1.06 bits per heavy atom. The normalized spacial score (nSPS) is 12.0. The molecule has 0 saturated heterocycles. The van der Waals surface area contributed by atoms with Crippen LogP contribution in [0.15, 0.2) is 0 Å². The van der Waals surface area contributed by atoms with E-state index < -0.39 is 0 Å². The van der Waals surface area contributed by atoms with Crippen LogP contribution in [0.5, 0.6) is 0 Å². The summed E-state index contributed by atoms with van der Waals surface area (Å²) in [6, 6.07) is 0. The molecule has 1 atom stereocenters. The molecule has 0 fully saturated rings. The monoisotopic (exact) mass is 477 g/mol. The maximum absolute atomic E-state index is 11.1. The molecule has 194 valence electrons. The highest BCUT2D eigenvalue weighted by Gasteiger charge is 2.13. The van der Waals surface area contributed by atoms with Crippen LogP contribution < -0.4 is 0 Å². The molecule has 0 saturated carbocycles. The molecule has 0 bridgehead atoms. The van der Waals surface area contributed by atoms with E-state index in [0.717, 1.165) is 13.0 Å². The van der Waals surface area contributed by atoms with Crippen LogP contribution in [-0.2, 0) is 14.3 Å². The number of unbranched alkanes of at least 4 members (excludes halogenated alkanes) is 17. The Hall–Kier alpha value is -0.320. The molecule has 0 rings (SSSR count). The van der Waals surface area contributed by atoms with Crippen LogP contribution in [0.4, 0.5) is 0 Å². The molecule has 0 spiro atoms. The summed E-state index contributed by atoms with van der Waals surface area (Å²) in [5.41, 5.74) is 0. The van der Waals surface area contributed by atoms with E-state index in [0.29, 0.717) is 13.2 Å². The van der Waals surface area contributed by atoms with Crippen LogP contribution in [0.3, 0.4) is 0 Å². The maximum atomic E-state index is 11.1. The van der Waals surface area contributed by atoms with Crippen molar-refractivity contribution in [2.24, 2.45) is 0 Å². The van der Waals surface area contributed by atoms with Crippen molar-refractivity contribution in [3.8, 4) is 0 Å². The fourth-order valence-electron chi connectivity index (χ4n) is 4.09. The minimum Gasteiger partial charge on any atom is -0.459 e. The summed E-state index contributed by atoms with van der Waals surface area (Å²) in [5, 5.41) is 0. The van der Waals surface area contributed by atoms with Gasteiger partial charge in [-0.05, 0) is 20.5 Å². The zero-order chi connectivity index (χ0) is 23.0. The van der Waals surface area contributed by atoms with Crippen LogP contribution in [-0.4, -0.2) is 50.8 Å². The highest BCUT2D eigenvalue weighted by Crippen LogP contribution is 2.14. The lowest BCUT2D eigenvalue weighted by atomic mass is 10.0. The van der Waals surface area contributed by atoms with Crippen molar-refractivity contribution in [2.75, 3.05) is 33.9 Å². The first-order valence-corrected chi connectivity index (χ1v) is 13.5. The minimum absolute atomic E-state index is 0. The van der Waals surface area contributed by atoms with Crippen molar-refractivity contribution in [2.45, 2.75) is 136 Å². The maximum Gasteiger partial charge on any atom is 0.303 e. The van der Waals surface area contributed by atoms with Crippen LogP contribution in [0.1, 0.15) is 129 Å². The van der Waals surface area contributed by atoms with Crippen molar-refractivity contribution in [3.63, 3.8) is 0 Å². The van der Waals surface area contributed by atoms with E-state index in [2.05, 4.69) is 6.92 Å². The Morgan fingerprint density at radius 3 is 1.41 bits per heavy atom. The standard InChI is InChI=1S/C27H55NO3.ClH/c1-5-6-7-8-9-10-11-12-13-14-15-16-17-18-19-20-21-22-23-30-25-27(24-28(3)4)31-26(2)29;/h27H,5-25H2,1-4H3;1H. The summed E-state index contributed by atoms with van der Waals surface area (Å²) in [6.07, 6.45) is 24.9. The molecule has 0 aliphatic heterocycles. The molecule has 0 aliphatic carbocycles. The second-order valence-corrected chi connectivity index (χ2v) is 9.58. The summed E-state index contributed by atoms with van der Waals surface area (Å²) in [5.74, 6) is -0.233. The molecular formula is C27H56ClNO3. The molecule has 0 aromatic heterocycles. The number of halogens is 1. The lowest BCUT2D eigenvalue weighted by Gasteiger charge is -2.20. The smallest absolute Gasteiger partial charge is 0.303 e. The predicted octanol–water partition coefficient (Wildman–Crippen LogP) is 7.96. The summed E-state index contributed by atoms with van der Waals surface area (Å²) in [6.45, 7) is 5.72. The Bertz CT molecular complexity index is 380. The summed E-state index contributed by atoms with van der Waals surface area (Å²) >= 11 is 0. The number of ether oxygens (including phenoxy) is 2. The molecule has 0 heterocycles. The number of esters is 1. The second-order valence-electron chi connectivity index (χ2n) is 9.58. The molecule has 0 aromatic rings. The number of likely N-dealkylation sites (N-methyl/N-ethyl adjacent to an activating group) is 1. The Balaban J connectivity index is 0. The molecule has 32 heavy (non-hydrogen) atoms. The van der Waals surface area contributed by atoms with Gasteiger partial charge < -0.3 is 14.4 Å². The zero-order valence-corrected chi connectivity index (χ0v) is 22.8. The highest BCUT2D eigenvalue weighted by molar-refractivity contribution is 5.85. The first-order valence-electron chi connectivity index (χ1n) is 13.5. The molecule has 5 heteroatoms. The third-order valence-electron chi connectivity index (χ3n) is 5.85. The number of hydrogen-bond acceptors (Lipinski definition) is 4. The van der Waals surface area contributed by atoms with E-state index in [4.69, 9.17) is 9.47 Å². The van der Waals surface area contributed by atoms with E-state index in [1.54, 1.807) is 0 Å². The minimum atomic E-state index is -0.233. The number of nitrogens with zero attached hydrogens (tertiary/aromatic N) is 1. The molecular weight excluding hydrogens is 422 g/mol. The van der Waals surface area contributed by atoms with Crippen LogP contribution >= 0.6 is 12.4 Å². The Morgan fingerprint density at radius 1 is 0.688 bits per heavy atom. The molecule has 0 aliphatic rings. The van der Waals surface area contributed by atoms with Crippen molar-refractivity contribution in [1.82, 2.24) is 4.90 Å². The van der Waals surface area contributed by atoms with Gasteiger partial charge in [-0.15, -0.1) is 12.4 Å². The third kappa shape index (κ3) is 27.7. The fourth-order valence-corrected chi connectivity index (χ4v) is 4.09. The fraction of sp³-hybridized carbons (Fsp3) is 0.963. The molecule has 1 unspecified atom stereocenters. The van der Waals surface area contributed by atoms with E-state index in [-0.39, 0.29) is 24.5 Å². The average Bonchev–Trinajstić information content (AvgIpc) is 2.71. The summed E-state index contributed by atoms with van der Waals surface area (Å²) in [4.78, 5) is 13.2. The number of carbonyl (C=O) groups is 1. The average molecular weight is 478 g/mol. The molecule has 0 radical (unpaired) electrons. The van der Waals surface area contributed by atoms with Gasteiger partial charge in [-0.2, -0.15) is 0 Å². The zero-order valence-electron chi connectivity index (χ0n) is 22.0. The van der Waals surface area contributed by atoms with Crippen LogP contribution in [0.2, 0.25) is 0 Å². The van der Waals surface area contributed by atoms with Gasteiger partial charge >= 0.3 is 5.97 Å². The molecule has 0 amide bonds. The Labute approximate surface area is 207 Å². The van der Waals surface area contributed by atoms with Gasteiger partial charge in [0.1, 0.15) is 6.10 Å². The van der Waals surface area contributed by atoms with E-state index in [1.165, 1.54) is 116 Å². The van der Waals surface area contributed by atoms with Gasteiger partial charge in [-0.3, -0.25) is 4.79 Å². The lowest BCUT2D eigenvalue weighted by Crippen LogP contribution is -2.33. The van der Waals surface area contributed by atoms with Gasteiger partial charge in [0.05, 0.1) is 6.61 Å².